The van der Waals surface area contributed by atoms with Crippen molar-refractivity contribution in [3.8, 4) is 0 Å². The zero-order valence-electron chi connectivity index (χ0n) is 18.3. The van der Waals surface area contributed by atoms with E-state index in [0.29, 0.717) is 6.29 Å². The summed E-state index contributed by atoms with van der Waals surface area (Å²) in [6.07, 6.45) is -0.153. The van der Waals surface area contributed by atoms with Crippen LogP contribution in [0.2, 0.25) is 0 Å². The third-order valence-electron chi connectivity index (χ3n) is 4.70. The van der Waals surface area contributed by atoms with E-state index in [1.807, 2.05) is 39.8 Å². The van der Waals surface area contributed by atoms with Crippen molar-refractivity contribution >= 4 is 24.1 Å². The van der Waals surface area contributed by atoms with Crippen LogP contribution in [0.25, 0.3) is 0 Å². The van der Waals surface area contributed by atoms with E-state index in [9.17, 15) is 19.2 Å². The maximum absolute atomic E-state index is 12.4. The predicted molar refractivity (Wildman–Crippen MR) is 112 cm³/mol. The van der Waals surface area contributed by atoms with Crippen molar-refractivity contribution in [2.45, 2.75) is 71.4 Å². The molecular formula is C22H32N2O6. The number of primary amides is 1. The lowest BCUT2D eigenvalue weighted by molar-refractivity contribution is -0.148. The van der Waals surface area contributed by atoms with Gasteiger partial charge in [-0.05, 0) is 42.9 Å². The predicted octanol–water partition coefficient (Wildman–Crippen LogP) is 0.997. The van der Waals surface area contributed by atoms with E-state index in [-0.39, 0.29) is 25.2 Å². The largest absolute Gasteiger partial charge is 0.462 e. The van der Waals surface area contributed by atoms with Crippen LogP contribution in [-0.4, -0.2) is 47.9 Å². The number of aliphatic hydroxyl groups is 1. The molecule has 0 saturated carbocycles. The van der Waals surface area contributed by atoms with E-state index in [1.165, 1.54) is 0 Å². The van der Waals surface area contributed by atoms with Gasteiger partial charge in [0.05, 0.1) is 19.4 Å². The monoisotopic (exact) mass is 420 g/mol. The maximum Gasteiger partial charge on any atom is 0.310 e. The Morgan fingerprint density at radius 3 is 2.43 bits per heavy atom. The van der Waals surface area contributed by atoms with Crippen molar-refractivity contribution in [2.75, 3.05) is 6.61 Å². The third kappa shape index (κ3) is 7.59. The molecule has 0 aromatic heterocycles. The number of aryl methyl sites for hydroxylation is 2. The summed E-state index contributed by atoms with van der Waals surface area (Å²) in [5.41, 5.74) is 7.95. The van der Waals surface area contributed by atoms with Crippen LogP contribution in [0.5, 0.6) is 0 Å². The van der Waals surface area contributed by atoms with E-state index in [2.05, 4.69) is 5.32 Å². The van der Waals surface area contributed by atoms with E-state index in [1.54, 1.807) is 6.92 Å². The summed E-state index contributed by atoms with van der Waals surface area (Å²) in [7, 11) is 0. The average Bonchev–Trinajstić information content (AvgIpc) is 2.56. The van der Waals surface area contributed by atoms with Gasteiger partial charge in [0.15, 0.2) is 0 Å². The Kier molecular flexibility index (Phi) is 9.17. The molecule has 0 radical (unpaired) electrons. The van der Waals surface area contributed by atoms with Crippen LogP contribution in [0.15, 0.2) is 12.1 Å². The highest BCUT2D eigenvalue weighted by atomic mass is 16.5. The van der Waals surface area contributed by atoms with Gasteiger partial charge in [0.25, 0.3) is 0 Å². The summed E-state index contributed by atoms with van der Waals surface area (Å²) >= 11 is 0. The smallest absolute Gasteiger partial charge is 0.310 e. The van der Waals surface area contributed by atoms with Crippen LogP contribution in [0.3, 0.4) is 0 Å². The fourth-order valence-corrected chi connectivity index (χ4v) is 3.78. The molecule has 2 atom stereocenters. The number of aldehydes is 1. The highest BCUT2D eigenvalue weighted by Gasteiger charge is 2.30. The quantitative estimate of drug-likeness (QED) is 0.361. The molecule has 0 spiro atoms. The van der Waals surface area contributed by atoms with Gasteiger partial charge in [-0.3, -0.25) is 14.4 Å². The number of aliphatic hydroxyl groups excluding tert-OH is 1. The maximum atomic E-state index is 12.4. The molecule has 8 heteroatoms. The molecule has 4 N–H and O–H groups in total. The molecule has 30 heavy (non-hydrogen) atoms. The number of carbonyl (C=O) groups excluding carboxylic acids is 4. The van der Waals surface area contributed by atoms with Crippen molar-refractivity contribution in [1.29, 1.82) is 0 Å². The Labute approximate surface area is 177 Å². The SMILES string of the molecule is Cc1cc(C)c(C(C)(C)CC(=O)NC(C=O)CO)c(CC(=O)OC(C)CC(N)=O)c1. The molecule has 2 unspecified atom stereocenters. The van der Waals surface area contributed by atoms with E-state index in [4.69, 9.17) is 15.6 Å². The van der Waals surface area contributed by atoms with Crippen molar-refractivity contribution in [3.63, 3.8) is 0 Å². The first kappa shape index (κ1) is 25.3. The number of benzene rings is 1. The molecule has 0 heterocycles. The van der Waals surface area contributed by atoms with E-state index in [0.717, 1.165) is 22.3 Å². The van der Waals surface area contributed by atoms with E-state index < -0.39 is 36.0 Å². The van der Waals surface area contributed by atoms with Gasteiger partial charge in [-0.2, -0.15) is 0 Å². The number of esters is 1. The van der Waals surface area contributed by atoms with E-state index >= 15 is 0 Å². The Morgan fingerprint density at radius 2 is 1.90 bits per heavy atom. The highest BCUT2D eigenvalue weighted by Crippen LogP contribution is 2.34. The number of ether oxygens (including phenoxy) is 1. The second kappa shape index (κ2) is 10.9. The second-order valence-electron chi connectivity index (χ2n) is 8.32. The van der Waals surface area contributed by atoms with Gasteiger partial charge in [0.2, 0.25) is 11.8 Å². The summed E-state index contributed by atoms with van der Waals surface area (Å²) in [5.74, 6) is -1.42. The van der Waals surface area contributed by atoms with Crippen LogP contribution < -0.4 is 11.1 Å². The summed E-state index contributed by atoms with van der Waals surface area (Å²) in [6, 6.07) is 2.90. The number of amides is 2. The molecule has 0 aliphatic heterocycles. The first-order chi connectivity index (χ1) is 13.9. The second-order valence-corrected chi connectivity index (χ2v) is 8.32. The Hall–Kier alpha value is -2.74. The number of hydrogen-bond acceptors (Lipinski definition) is 6. The molecular weight excluding hydrogens is 388 g/mol. The van der Waals surface area contributed by atoms with Gasteiger partial charge in [0, 0.05) is 6.42 Å². The lowest BCUT2D eigenvalue weighted by Gasteiger charge is -2.30. The van der Waals surface area contributed by atoms with Crippen molar-refractivity contribution in [3.05, 3.63) is 34.4 Å². The highest BCUT2D eigenvalue weighted by molar-refractivity contribution is 5.81. The lowest BCUT2D eigenvalue weighted by atomic mass is 9.75. The number of carbonyl (C=O) groups is 4. The van der Waals surface area contributed by atoms with Gasteiger partial charge < -0.3 is 25.7 Å². The van der Waals surface area contributed by atoms with Crippen LogP contribution >= 0.6 is 0 Å². The Balaban J connectivity index is 3.11. The minimum absolute atomic E-state index is 0.0143. The van der Waals surface area contributed by atoms with Crippen LogP contribution in [0.1, 0.15) is 55.9 Å². The minimum atomic E-state index is -0.950. The number of nitrogens with one attached hydrogen (secondary N) is 1. The molecule has 0 saturated heterocycles. The van der Waals surface area contributed by atoms with Crippen molar-refractivity contribution in [2.24, 2.45) is 5.73 Å². The molecule has 0 aliphatic rings. The number of hydrogen-bond donors (Lipinski definition) is 3. The van der Waals surface area contributed by atoms with Crippen molar-refractivity contribution in [1.82, 2.24) is 5.32 Å². The third-order valence-corrected chi connectivity index (χ3v) is 4.70. The standard InChI is InChI=1S/C22H32N2O6/c1-13-6-14(2)21(22(4,5)10-19(28)24-17(11-25)12-26)16(7-13)9-20(29)30-15(3)8-18(23)27/h6-7,11,15,17,26H,8-10,12H2,1-5H3,(H2,23,27)(H,24,28). The van der Waals surface area contributed by atoms with Crippen LogP contribution in [0, 0.1) is 13.8 Å². The molecule has 1 aromatic carbocycles. The first-order valence-electron chi connectivity index (χ1n) is 9.83. The van der Waals surface area contributed by atoms with Gasteiger partial charge in [-0.1, -0.05) is 31.5 Å². The Bertz CT molecular complexity index is 803. The van der Waals surface area contributed by atoms with Gasteiger partial charge in [-0.25, -0.2) is 0 Å². The first-order valence-corrected chi connectivity index (χ1v) is 9.83. The fourth-order valence-electron chi connectivity index (χ4n) is 3.78. The molecule has 1 rings (SSSR count). The normalized spacial score (nSPS) is 13.3. The Morgan fingerprint density at radius 1 is 1.27 bits per heavy atom. The molecule has 2 amide bonds. The minimum Gasteiger partial charge on any atom is -0.462 e. The van der Waals surface area contributed by atoms with Gasteiger partial charge in [-0.15, -0.1) is 0 Å². The average molecular weight is 421 g/mol. The van der Waals surface area contributed by atoms with Gasteiger partial charge in [0.1, 0.15) is 18.4 Å². The summed E-state index contributed by atoms with van der Waals surface area (Å²) in [4.78, 5) is 46.7. The fraction of sp³-hybridized carbons (Fsp3) is 0.545. The summed E-state index contributed by atoms with van der Waals surface area (Å²) in [6.45, 7) is 8.71. The lowest BCUT2D eigenvalue weighted by Crippen LogP contribution is -2.41. The topological polar surface area (TPSA) is 136 Å². The zero-order valence-corrected chi connectivity index (χ0v) is 18.3. The van der Waals surface area contributed by atoms with Crippen LogP contribution in [-0.2, 0) is 35.8 Å². The molecule has 1 aromatic rings. The molecule has 0 bridgehead atoms. The molecule has 0 aliphatic carbocycles. The van der Waals surface area contributed by atoms with Crippen molar-refractivity contribution < 1.29 is 29.0 Å². The zero-order chi connectivity index (χ0) is 23.1. The van der Waals surface area contributed by atoms with Crippen LogP contribution in [0.4, 0.5) is 0 Å². The molecule has 0 fully saturated rings. The van der Waals surface area contributed by atoms with Gasteiger partial charge >= 0.3 is 5.97 Å². The molecule has 166 valence electrons. The number of rotatable bonds is 11. The summed E-state index contributed by atoms with van der Waals surface area (Å²) in [5, 5.41) is 11.6. The number of nitrogens with two attached hydrogens (primary N) is 1. The molecule has 8 nitrogen and oxygen atoms in total. The summed E-state index contributed by atoms with van der Waals surface area (Å²) < 4.78 is 5.29.